The lowest BCUT2D eigenvalue weighted by Gasteiger charge is -2.15. The molecule has 38 heavy (non-hydrogen) atoms. The Kier molecular flexibility index (Phi) is 7.49. The highest BCUT2D eigenvalue weighted by atomic mass is 32.2. The predicted molar refractivity (Wildman–Crippen MR) is 152 cm³/mol. The number of ether oxygens (including phenoxy) is 3. The predicted octanol–water partition coefficient (Wildman–Crippen LogP) is 5.94. The molecule has 1 aliphatic carbocycles. The summed E-state index contributed by atoms with van der Waals surface area (Å²) in [5, 5.41) is 1.23. The Labute approximate surface area is 229 Å². The van der Waals surface area contributed by atoms with E-state index in [-0.39, 0.29) is 17.1 Å². The lowest BCUT2D eigenvalue weighted by atomic mass is 9.97. The van der Waals surface area contributed by atoms with Gasteiger partial charge in [-0.25, -0.2) is 4.98 Å². The van der Waals surface area contributed by atoms with Gasteiger partial charge >= 0.3 is 0 Å². The van der Waals surface area contributed by atoms with Crippen LogP contribution in [0.15, 0.2) is 40.3 Å². The van der Waals surface area contributed by atoms with E-state index < -0.39 is 0 Å². The SMILES string of the molecule is COc1cc(C(=O)CSc2nc3sc4c(c3c(=O)n2-c2cc(C)cc(C)c2)CCCC4)cc(OC)c1OC. The van der Waals surface area contributed by atoms with Crippen LogP contribution in [0.5, 0.6) is 17.2 Å². The second kappa shape index (κ2) is 10.8. The molecule has 0 spiro atoms. The zero-order valence-electron chi connectivity index (χ0n) is 22.2. The van der Waals surface area contributed by atoms with Gasteiger partial charge in [-0.2, -0.15) is 0 Å². The zero-order chi connectivity index (χ0) is 27.0. The highest BCUT2D eigenvalue weighted by molar-refractivity contribution is 7.99. The maximum Gasteiger partial charge on any atom is 0.267 e. The molecule has 9 heteroatoms. The van der Waals surface area contributed by atoms with Crippen molar-refractivity contribution >= 4 is 39.1 Å². The van der Waals surface area contributed by atoms with Crippen molar-refractivity contribution in [1.29, 1.82) is 0 Å². The van der Waals surface area contributed by atoms with Gasteiger partial charge in [0.2, 0.25) is 5.75 Å². The number of ketones is 1. The van der Waals surface area contributed by atoms with Crippen molar-refractivity contribution < 1.29 is 19.0 Å². The minimum absolute atomic E-state index is 0.0675. The first kappa shape index (κ1) is 26.3. The third-order valence-electron chi connectivity index (χ3n) is 6.74. The average Bonchev–Trinajstić information content (AvgIpc) is 3.28. The summed E-state index contributed by atoms with van der Waals surface area (Å²) >= 11 is 2.88. The first-order chi connectivity index (χ1) is 18.3. The van der Waals surface area contributed by atoms with Crippen LogP contribution in [0.25, 0.3) is 15.9 Å². The Morgan fingerprint density at radius 1 is 0.974 bits per heavy atom. The monoisotopic (exact) mass is 550 g/mol. The number of nitrogens with zero attached hydrogens (tertiary/aromatic N) is 2. The fourth-order valence-electron chi connectivity index (χ4n) is 5.05. The minimum Gasteiger partial charge on any atom is -0.493 e. The summed E-state index contributed by atoms with van der Waals surface area (Å²) in [4.78, 5) is 34.4. The molecule has 0 amide bonds. The van der Waals surface area contributed by atoms with Crippen molar-refractivity contribution in [2.24, 2.45) is 0 Å². The summed E-state index contributed by atoms with van der Waals surface area (Å²) in [6.07, 6.45) is 4.12. The highest BCUT2D eigenvalue weighted by Crippen LogP contribution is 2.39. The Morgan fingerprint density at radius 3 is 2.26 bits per heavy atom. The third kappa shape index (κ3) is 4.80. The molecule has 0 atom stereocenters. The molecule has 1 aliphatic rings. The van der Waals surface area contributed by atoms with E-state index in [4.69, 9.17) is 19.2 Å². The topological polar surface area (TPSA) is 79.7 Å². The van der Waals surface area contributed by atoms with Crippen molar-refractivity contribution in [3.8, 4) is 22.9 Å². The van der Waals surface area contributed by atoms with Gasteiger partial charge in [-0.3, -0.25) is 14.2 Å². The maximum absolute atomic E-state index is 14.0. The van der Waals surface area contributed by atoms with E-state index >= 15 is 0 Å². The first-order valence-corrected chi connectivity index (χ1v) is 14.3. The highest BCUT2D eigenvalue weighted by Gasteiger charge is 2.24. The van der Waals surface area contributed by atoms with Gasteiger partial charge in [0.25, 0.3) is 5.56 Å². The van der Waals surface area contributed by atoms with Crippen LogP contribution in [0.3, 0.4) is 0 Å². The van der Waals surface area contributed by atoms with Crippen LogP contribution in [-0.4, -0.2) is 42.4 Å². The van der Waals surface area contributed by atoms with Crippen molar-refractivity contribution in [2.45, 2.75) is 44.7 Å². The normalized spacial score (nSPS) is 12.9. The molecule has 0 aliphatic heterocycles. The van der Waals surface area contributed by atoms with Gasteiger partial charge < -0.3 is 14.2 Å². The second-order valence-electron chi connectivity index (χ2n) is 9.40. The van der Waals surface area contributed by atoms with Crippen LogP contribution in [0.4, 0.5) is 0 Å². The van der Waals surface area contributed by atoms with Crippen LogP contribution in [0.1, 0.15) is 44.8 Å². The number of hydrogen-bond acceptors (Lipinski definition) is 8. The van der Waals surface area contributed by atoms with Crippen LogP contribution in [0, 0.1) is 13.8 Å². The second-order valence-corrected chi connectivity index (χ2v) is 11.4. The standard InChI is InChI=1S/C29H30N2O5S2/c1-16-10-17(2)12-19(11-16)31-28(33)25-20-8-6-7-9-24(20)38-27(25)30-29(31)37-15-21(32)18-13-22(34-3)26(36-5)23(14-18)35-4/h10-14H,6-9,15H2,1-5H3. The van der Waals surface area contributed by atoms with Gasteiger partial charge in [0.15, 0.2) is 22.4 Å². The molecule has 0 saturated carbocycles. The van der Waals surface area contributed by atoms with Crippen LogP contribution < -0.4 is 19.8 Å². The van der Waals surface area contributed by atoms with Gasteiger partial charge in [0.1, 0.15) is 4.83 Å². The lowest BCUT2D eigenvalue weighted by Crippen LogP contribution is -2.23. The maximum atomic E-state index is 14.0. The number of thioether (sulfide) groups is 1. The van der Waals surface area contributed by atoms with Gasteiger partial charge in [0, 0.05) is 10.4 Å². The summed E-state index contributed by atoms with van der Waals surface area (Å²) in [6, 6.07) is 9.35. The van der Waals surface area contributed by atoms with Gasteiger partial charge in [-0.05, 0) is 80.5 Å². The summed E-state index contributed by atoms with van der Waals surface area (Å²) < 4.78 is 17.9. The molecule has 0 fully saturated rings. The van der Waals surface area contributed by atoms with E-state index in [1.807, 2.05) is 26.0 Å². The minimum atomic E-state index is -0.138. The molecule has 2 aromatic carbocycles. The number of Topliss-reactive ketones (excluding diaryl/α,β-unsaturated/α-hetero) is 1. The number of carbonyl (C=O) groups is 1. The largest absolute Gasteiger partial charge is 0.493 e. The van der Waals surface area contributed by atoms with E-state index in [0.717, 1.165) is 58.3 Å². The number of benzene rings is 2. The van der Waals surface area contributed by atoms with Gasteiger partial charge in [-0.1, -0.05) is 17.8 Å². The average molecular weight is 551 g/mol. The number of carbonyl (C=O) groups excluding carboxylic acids is 1. The molecule has 0 unspecified atom stereocenters. The molecule has 2 aromatic heterocycles. The molecule has 0 radical (unpaired) electrons. The molecular weight excluding hydrogens is 520 g/mol. The molecule has 4 aromatic rings. The van der Waals surface area contributed by atoms with Crippen LogP contribution >= 0.6 is 23.1 Å². The molecule has 2 heterocycles. The zero-order valence-corrected chi connectivity index (χ0v) is 23.8. The molecule has 7 nitrogen and oxygen atoms in total. The quantitative estimate of drug-likeness (QED) is 0.153. The number of thiophene rings is 1. The molecule has 0 N–H and O–H groups in total. The van der Waals surface area contributed by atoms with E-state index in [1.54, 1.807) is 28.0 Å². The van der Waals surface area contributed by atoms with E-state index in [9.17, 15) is 9.59 Å². The summed E-state index contributed by atoms with van der Waals surface area (Å²) in [7, 11) is 4.55. The van der Waals surface area contributed by atoms with Gasteiger partial charge in [0.05, 0.1) is 38.2 Å². The van der Waals surface area contributed by atoms with Crippen molar-refractivity contribution in [1.82, 2.24) is 9.55 Å². The number of aromatic nitrogens is 2. The summed E-state index contributed by atoms with van der Waals surface area (Å²) in [6.45, 7) is 4.03. The third-order valence-corrected chi connectivity index (χ3v) is 8.87. The summed E-state index contributed by atoms with van der Waals surface area (Å²) in [5.74, 6) is 1.21. The Hall–Kier alpha value is -3.30. The van der Waals surface area contributed by atoms with Crippen molar-refractivity contribution in [3.63, 3.8) is 0 Å². The molecule has 0 bridgehead atoms. The molecule has 5 rings (SSSR count). The number of fused-ring (bicyclic) bond motifs is 3. The van der Waals surface area contributed by atoms with E-state index in [2.05, 4.69) is 6.07 Å². The molecular formula is C29H30N2O5S2. The molecule has 198 valence electrons. The number of aryl methyl sites for hydroxylation is 4. The fraction of sp³-hybridized carbons (Fsp3) is 0.345. The Morgan fingerprint density at radius 2 is 1.63 bits per heavy atom. The summed E-state index contributed by atoms with van der Waals surface area (Å²) in [5.41, 5.74) is 4.40. The van der Waals surface area contributed by atoms with Crippen molar-refractivity contribution in [3.05, 3.63) is 67.8 Å². The Bertz CT molecular complexity index is 1560. The first-order valence-electron chi connectivity index (χ1n) is 12.5. The van der Waals surface area contributed by atoms with E-state index in [0.29, 0.717) is 28.0 Å². The van der Waals surface area contributed by atoms with Crippen LogP contribution in [-0.2, 0) is 12.8 Å². The fourth-order valence-corrected chi connectivity index (χ4v) is 7.26. The van der Waals surface area contributed by atoms with Crippen LogP contribution in [0.2, 0.25) is 0 Å². The van der Waals surface area contributed by atoms with Crippen molar-refractivity contribution in [2.75, 3.05) is 27.1 Å². The van der Waals surface area contributed by atoms with Gasteiger partial charge in [-0.15, -0.1) is 11.3 Å². The number of rotatable bonds is 8. The Balaban J connectivity index is 1.58. The molecule has 0 saturated heterocycles. The van der Waals surface area contributed by atoms with E-state index in [1.165, 1.54) is 38.0 Å². The number of hydrogen-bond donors (Lipinski definition) is 0. The smallest absolute Gasteiger partial charge is 0.267 e. The number of methoxy groups -OCH3 is 3. The lowest BCUT2D eigenvalue weighted by molar-refractivity contribution is 0.102.